The summed E-state index contributed by atoms with van der Waals surface area (Å²) in [6.07, 6.45) is 42.6. The van der Waals surface area contributed by atoms with E-state index in [1.165, 1.54) is 148 Å². The molecule has 0 fully saturated rings. The molecule has 3 unspecified atom stereocenters. The summed E-state index contributed by atoms with van der Waals surface area (Å²) in [5.41, 5.74) is 0. The van der Waals surface area contributed by atoms with E-state index in [4.69, 9.17) is 4.74 Å². The number of unbranched alkanes of at least 4 members (excludes halogenated alkanes) is 27. The molecule has 0 spiro atoms. The summed E-state index contributed by atoms with van der Waals surface area (Å²) in [5, 5.41) is 23.6. The summed E-state index contributed by atoms with van der Waals surface area (Å²) in [7, 11) is 0. The van der Waals surface area contributed by atoms with Crippen molar-refractivity contribution in [2.24, 2.45) is 0 Å². The Balaban J connectivity index is 4.55. The van der Waals surface area contributed by atoms with Crippen LogP contribution < -0.4 is 5.32 Å². The molecule has 6 heteroatoms. The number of amides is 1. The van der Waals surface area contributed by atoms with Crippen molar-refractivity contribution in [2.45, 2.75) is 264 Å². The molecule has 308 valence electrons. The smallest absolute Gasteiger partial charge is 0.306 e. The third-order valence-electron chi connectivity index (χ3n) is 10.6. The predicted molar refractivity (Wildman–Crippen MR) is 223 cm³/mol. The Bertz CT molecular complexity index is 787. The van der Waals surface area contributed by atoms with Crippen LogP contribution in [0.3, 0.4) is 0 Å². The van der Waals surface area contributed by atoms with Gasteiger partial charge >= 0.3 is 5.97 Å². The molecule has 0 saturated heterocycles. The van der Waals surface area contributed by atoms with E-state index < -0.39 is 18.2 Å². The van der Waals surface area contributed by atoms with Crippen LogP contribution in [-0.4, -0.2) is 46.9 Å². The van der Waals surface area contributed by atoms with Gasteiger partial charge in [-0.05, 0) is 51.4 Å². The molecule has 0 bridgehead atoms. The number of allylic oxidation sites excluding steroid dienone is 2. The molecule has 0 aromatic carbocycles. The first-order valence-electron chi connectivity index (χ1n) is 22.9. The van der Waals surface area contributed by atoms with Crippen LogP contribution in [0, 0.1) is 0 Å². The van der Waals surface area contributed by atoms with Gasteiger partial charge in [0.1, 0.15) is 6.10 Å². The molecular formula is C46H89NO5. The van der Waals surface area contributed by atoms with E-state index in [2.05, 4.69) is 38.2 Å². The summed E-state index contributed by atoms with van der Waals surface area (Å²) in [4.78, 5) is 25.9. The molecule has 6 nitrogen and oxygen atoms in total. The summed E-state index contributed by atoms with van der Waals surface area (Å²) in [6, 6.07) is -0.694. The van der Waals surface area contributed by atoms with Gasteiger partial charge in [-0.1, -0.05) is 193 Å². The molecule has 0 aromatic rings. The first-order chi connectivity index (χ1) is 25.5. The maximum atomic E-state index is 13.1. The number of nitrogens with one attached hydrogen (secondary N) is 1. The van der Waals surface area contributed by atoms with Crippen LogP contribution in [0.2, 0.25) is 0 Å². The number of esters is 1. The fourth-order valence-electron chi connectivity index (χ4n) is 7.07. The molecule has 0 aliphatic carbocycles. The van der Waals surface area contributed by atoms with E-state index in [-0.39, 0.29) is 24.9 Å². The fraction of sp³-hybridized carbons (Fsp3) is 0.913. The van der Waals surface area contributed by atoms with Crippen molar-refractivity contribution in [3.63, 3.8) is 0 Å². The van der Waals surface area contributed by atoms with E-state index in [0.717, 1.165) is 51.4 Å². The van der Waals surface area contributed by atoms with Crippen LogP contribution in [0.1, 0.15) is 245 Å². The molecular weight excluding hydrogens is 647 g/mol. The molecule has 0 aromatic heterocycles. The standard InChI is InChI=1S/C46H89NO5/c1-4-7-10-13-16-19-22-24-27-30-33-36-39-46(51)52-42(37-34-31-28-25-21-18-15-12-9-6-3)40-45(50)47-43(41-48)44(49)38-35-32-29-26-23-20-17-14-11-8-5-2/h16,19,42-44,48-49H,4-15,17-18,20-41H2,1-3H3,(H,47,50)/b19-16-. The van der Waals surface area contributed by atoms with Crippen LogP contribution in [0.4, 0.5) is 0 Å². The van der Waals surface area contributed by atoms with Crippen LogP contribution in [0.25, 0.3) is 0 Å². The largest absolute Gasteiger partial charge is 0.462 e. The second-order valence-electron chi connectivity index (χ2n) is 15.8. The highest BCUT2D eigenvalue weighted by molar-refractivity contribution is 5.77. The van der Waals surface area contributed by atoms with Crippen molar-refractivity contribution in [3.05, 3.63) is 12.2 Å². The number of rotatable bonds is 41. The Hall–Kier alpha value is -1.40. The van der Waals surface area contributed by atoms with E-state index in [9.17, 15) is 19.8 Å². The number of hydrogen-bond donors (Lipinski definition) is 3. The lowest BCUT2D eigenvalue weighted by atomic mass is 10.0. The van der Waals surface area contributed by atoms with Crippen molar-refractivity contribution in [2.75, 3.05) is 6.61 Å². The van der Waals surface area contributed by atoms with Crippen LogP contribution >= 0.6 is 0 Å². The van der Waals surface area contributed by atoms with Crippen molar-refractivity contribution in [1.82, 2.24) is 5.32 Å². The summed E-state index contributed by atoms with van der Waals surface area (Å²) in [5.74, 6) is -0.476. The van der Waals surface area contributed by atoms with Gasteiger partial charge in [-0.3, -0.25) is 9.59 Å². The van der Waals surface area contributed by atoms with E-state index in [1.54, 1.807) is 0 Å². The third-order valence-corrected chi connectivity index (χ3v) is 10.6. The monoisotopic (exact) mass is 736 g/mol. The molecule has 0 radical (unpaired) electrons. The number of carbonyl (C=O) groups is 2. The maximum absolute atomic E-state index is 13.1. The Morgan fingerprint density at radius 2 is 0.923 bits per heavy atom. The normalized spacial score (nSPS) is 13.4. The lowest BCUT2D eigenvalue weighted by Crippen LogP contribution is -2.46. The number of hydrogen-bond acceptors (Lipinski definition) is 5. The quantitative estimate of drug-likeness (QED) is 0.0330. The Labute approximate surface area is 323 Å². The first kappa shape index (κ1) is 50.6. The minimum absolute atomic E-state index is 0.0802. The Morgan fingerprint density at radius 1 is 0.538 bits per heavy atom. The van der Waals surface area contributed by atoms with Crippen molar-refractivity contribution < 1.29 is 24.5 Å². The molecule has 0 aliphatic heterocycles. The fourth-order valence-corrected chi connectivity index (χ4v) is 7.07. The number of aliphatic hydroxyl groups is 2. The number of aliphatic hydroxyl groups excluding tert-OH is 2. The number of ether oxygens (including phenoxy) is 1. The third kappa shape index (κ3) is 35.6. The topological polar surface area (TPSA) is 95.9 Å². The molecule has 0 heterocycles. The molecule has 1 amide bonds. The molecule has 0 rings (SSSR count). The SMILES string of the molecule is CCCCC/C=C\CCCCCCCC(=O)OC(CCCCCCCCCCCC)CC(=O)NC(CO)C(O)CCCCCCCCCCCCC. The minimum atomic E-state index is -0.780. The van der Waals surface area contributed by atoms with Gasteiger partial charge in [0.05, 0.1) is 25.2 Å². The zero-order chi connectivity index (χ0) is 38.2. The van der Waals surface area contributed by atoms with Gasteiger partial charge in [0, 0.05) is 6.42 Å². The number of carbonyl (C=O) groups excluding carboxylic acids is 2. The molecule has 52 heavy (non-hydrogen) atoms. The van der Waals surface area contributed by atoms with Crippen LogP contribution in [-0.2, 0) is 14.3 Å². The zero-order valence-corrected chi connectivity index (χ0v) is 35.0. The van der Waals surface area contributed by atoms with Gasteiger partial charge in [0.15, 0.2) is 0 Å². The Kier molecular flexibility index (Phi) is 39.7. The van der Waals surface area contributed by atoms with Gasteiger partial charge in [0.2, 0.25) is 5.91 Å². The summed E-state index contributed by atoms with van der Waals surface area (Å²) < 4.78 is 5.89. The van der Waals surface area contributed by atoms with Gasteiger partial charge < -0.3 is 20.3 Å². The van der Waals surface area contributed by atoms with E-state index in [0.29, 0.717) is 19.3 Å². The zero-order valence-electron chi connectivity index (χ0n) is 35.0. The molecule has 3 N–H and O–H groups in total. The molecule has 3 atom stereocenters. The predicted octanol–water partition coefficient (Wildman–Crippen LogP) is 13.0. The lowest BCUT2D eigenvalue weighted by Gasteiger charge is -2.24. The van der Waals surface area contributed by atoms with Gasteiger partial charge in [-0.15, -0.1) is 0 Å². The average Bonchev–Trinajstić information content (AvgIpc) is 3.13. The van der Waals surface area contributed by atoms with Crippen LogP contribution in [0.15, 0.2) is 12.2 Å². The van der Waals surface area contributed by atoms with Crippen molar-refractivity contribution in [1.29, 1.82) is 0 Å². The van der Waals surface area contributed by atoms with Crippen molar-refractivity contribution >= 4 is 11.9 Å². The lowest BCUT2D eigenvalue weighted by molar-refractivity contribution is -0.151. The van der Waals surface area contributed by atoms with Crippen LogP contribution in [0.5, 0.6) is 0 Å². The van der Waals surface area contributed by atoms with E-state index in [1.807, 2.05) is 0 Å². The maximum Gasteiger partial charge on any atom is 0.306 e. The highest BCUT2D eigenvalue weighted by Gasteiger charge is 2.24. The highest BCUT2D eigenvalue weighted by atomic mass is 16.5. The summed E-state index contributed by atoms with van der Waals surface area (Å²) in [6.45, 7) is 6.44. The van der Waals surface area contributed by atoms with Gasteiger partial charge in [0.25, 0.3) is 0 Å². The average molecular weight is 736 g/mol. The summed E-state index contributed by atoms with van der Waals surface area (Å²) >= 11 is 0. The van der Waals surface area contributed by atoms with E-state index >= 15 is 0 Å². The minimum Gasteiger partial charge on any atom is -0.462 e. The highest BCUT2D eigenvalue weighted by Crippen LogP contribution is 2.18. The molecule has 0 aliphatic rings. The first-order valence-corrected chi connectivity index (χ1v) is 22.9. The van der Waals surface area contributed by atoms with Gasteiger partial charge in [-0.25, -0.2) is 0 Å². The second kappa shape index (κ2) is 40.8. The molecule has 0 saturated carbocycles. The van der Waals surface area contributed by atoms with Gasteiger partial charge in [-0.2, -0.15) is 0 Å². The van der Waals surface area contributed by atoms with Crippen molar-refractivity contribution in [3.8, 4) is 0 Å². The second-order valence-corrected chi connectivity index (χ2v) is 15.8. The Morgan fingerprint density at radius 3 is 1.40 bits per heavy atom.